The van der Waals surface area contributed by atoms with Gasteiger partial charge in [-0.05, 0) is 17.2 Å². The molecule has 4 nitrogen and oxygen atoms in total. The molecule has 3 atom stereocenters. The van der Waals surface area contributed by atoms with Crippen molar-refractivity contribution in [2.24, 2.45) is 17.3 Å². The first-order valence-corrected chi connectivity index (χ1v) is 8.97. The quantitative estimate of drug-likeness (QED) is 0.775. The Hall–Kier alpha value is -2.26. The number of benzene rings is 1. The summed E-state index contributed by atoms with van der Waals surface area (Å²) in [6.45, 7) is 0. The number of hydrogen-bond donors (Lipinski definition) is 1. The van der Waals surface area contributed by atoms with Gasteiger partial charge < -0.3 is 5.41 Å². The fraction of sp³-hybridized carbons (Fsp3) is 0.333. The molecule has 0 bridgehead atoms. The van der Waals surface area contributed by atoms with Crippen LogP contribution in [0, 0.1) is 56.7 Å². The first-order chi connectivity index (χ1) is 11.6. The van der Waals surface area contributed by atoms with E-state index < -0.39 is 11.3 Å². The van der Waals surface area contributed by atoms with Crippen molar-refractivity contribution in [2.75, 3.05) is 11.5 Å². The minimum atomic E-state index is -1.64. The topological polar surface area (TPSA) is 95.2 Å². The van der Waals surface area contributed by atoms with Gasteiger partial charge in [0.05, 0.1) is 29.8 Å². The van der Waals surface area contributed by atoms with Crippen molar-refractivity contribution >= 4 is 29.1 Å². The molecule has 1 fully saturated rings. The van der Waals surface area contributed by atoms with E-state index in [9.17, 15) is 15.8 Å². The highest BCUT2D eigenvalue weighted by molar-refractivity contribution is 7.99. The molecular weight excluding hydrogens is 340 g/mol. The van der Waals surface area contributed by atoms with Crippen molar-refractivity contribution in [3.05, 3.63) is 46.5 Å². The van der Waals surface area contributed by atoms with E-state index in [2.05, 4.69) is 6.07 Å². The minimum absolute atomic E-state index is 0.130. The minimum Gasteiger partial charge on any atom is -0.305 e. The molecule has 3 unspecified atom stereocenters. The molecule has 0 spiro atoms. The summed E-state index contributed by atoms with van der Waals surface area (Å²) < 4.78 is 0. The zero-order valence-electron chi connectivity index (χ0n) is 12.7. The van der Waals surface area contributed by atoms with Crippen LogP contribution in [-0.4, -0.2) is 17.2 Å². The Kier molecular flexibility index (Phi) is 4.37. The van der Waals surface area contributed by atoms with Gasteiger partial charge in [-0.3, -0.25) is 0 Å². The number of rotatable bonds is 1. The number of fused-ring (bicyclic) bond motifs is 1. The molecule has 1 saturated carbocycles. The average molecular weight is 353 g/mol. The second-order valence-corrected chi connectivity index (χ2v) is 7.33. The average Bonchev–Trinajstić information content (AvgIpc) is 2.62. The summed E-state index contributed by atoms with van der Waals surface area (Å²) in [7, 11) is 0. The molecule has 0 amide bonds. The molecule has 1 aromatic rings. The standard InChI is InChI=1S/C18H13ClN4S/c19-15-4-2-1-3-11(15)16-12(7-20)17(23)18(9-21,10-22)14-5-6-24-8-13(14)16/h1-5,12-13,16,23H,6,8H2. The second-order valence-electron chi connectivity index (χ2n) is 5.84. The van der Waals surface area contributed by atoms with Crippen LogP contribution in [0.4, 0.5) is 0 Å². The van der Waals surface area contributed by atoms with Crippen LogP contribution in [0.1, 0.15) is 11.5 Å². The van der Waals surface area contributed by atoms with Gasteiger partial charge in [0.2, 0.25) is 5.41 Å². The molecule has 3 rings (SSSR count). The molecule has 0 aromatic heterocycles. The van der Waals surface area contributed by atoms with Gasteiger partial charge in [0.1, 0.15) is 0 Å². The summed E-state index contributed by atoms with van der Waals surface area (Å²) in [5, 5.41) is 38.1. The van der Waals surface area contributed by atoms with Crippen LogP contribution in [0.25, 0.3) is 0 Å². The maximum absolute atomic E-state index is 9.72. The Balaban J connectivity index is 2.25. The second kappa shape index (κ2) is 6.33. The molecular formula is C18H13ClN4S. The van der Waals surface area contributed by atoms with Gasteiger partial charge in [0.25, 0.3) is 0 Å². The molecule has 0 radical (unpaired) electrons. The fourth-order valence-electron chi connectivity index (χ4n) is 3.67. The van der Waals surface area contributed by atoms with E-state index >= 15 is 0 Å². The van der Waals surface area contributed by atoms with Crippen LogP contribution in [0.5, 0.6) is 0 Å². The highest BCUT2D eigenvalue weighted by atomic mass is 35.5. The fourth-order valence-corrected chi connectivity index (χ4v) is 5.01. The van der Waals surface area contributed by atoms with Gasteiger partial charge in [-0.25, -0.2) is 0 Å². The predicted molar refractivity (Wildman–Crippen MR) is 93.6 cm³/mol. The monoisotopic (exact) mass is 352 g/mol. The Morgan fingerprint density at radius 3 is 2.54 bits per heavy atom. The number of halogens is 1. The van der Waals surface area contributed by atoms with Crippen LogP contribution in [0.3, 0.4) is 0 Å². The lowest BCUT2D eigenvalue weighted by Gasteiger charge is -2.45. The van der Waals surface area contributed by atoms with Crippen molar-refractivity contribution in [2.45, 2.75) is 5.92 Å². The van der Waals surface area contributed by atoms with Crippen LogP contribution in [0.15, 0.2) is 35.9 Å². The molecule has 0 saturated heterocycles. The van der Waals surface area contributed by atoms with Gasteiger partial charge in [0, 0.05) is 28.4 Å². The Bertz CT molecular complexity index is 841. The van der Waals surface area contributed by atoms with Crippen molar-refractivity contribution in [3.8, 4) is 18.2 Å². The maximum Gasteiger partial charge on any atom is 0.203 e. The number of nitrogens with one attached hydrogen (secondary N) is 1. The van der Waals surface area contributed by atoms with Crippen LogP contribution >= 0.6 is 23.4 Å². The smallest absolute Gasteiger partial charge is 0.203 e. The zero-order valence-corrected chi connectivity index (χ0v) is 14.2. The maximum atomic E-state index is 9.72. The molecule has 118 valence electrons. The normalized spacial score (nSPS) is 27.8. The SMILES string of the molecule is N#CC1C(=N)C(C#N)(C#N)C2=CCSCC2C1c1ccccc1Cl. The van der Waals surface area contributed by atoms with Crippen molar-refractivity contribution in [3.63, 3.8) is 0 Å². The summed E-state index contributed by atoms with van der Waals surface area (Å²) in [6.07, 6.45) is 1.89. The third-order valence-corrected chi connectivity index (χ3v) is 6.14. The van der Waals surface area contributed by atoms with Crippen LogP contribution < -0.4 is 0 Å². The van der Waals surface area contributed by atoms with Gasteiger partial charge in [-0.2, -0.15) is 27.5 Å². The highest BCUT2D eigenvalue weighted by Gasteiger charge is 2.56. The summed E-state index contributed by atoms with van der Waals surface area (Å²) in [5.41, 5.74) is -0.301. The van der Waals surface area contributed by atoms with Crippen molar-refractivity contribution in [1.29, 1.82) is 21.2 Å². The van der Waals surface area contributed by atoms with Gasteiger partial charge in [0.15, 0.2) is 0 Å². The molecule has 2 aliphatic rings. The number of hydrogen-bond acceptors (Lipinski definition) is 5. The molecule has 24 heavy (non-hydrogen) atoms. The summed E-state index contributed by atoms with van der Waals surface area (Å²) in [6, 6.07) is 13.5. The molecule has 1 N–H and O–H groups in total. The molecule has 1 aliphatic heterocycles. The Morgan fingerprint density at radius 2 is 1.92 bits per heavy atom. The number of nitrogens with zero attached hydrogens (tertiary/aromatic N) is 3. The largest absolute Gasteiger partial charge is 0.305 e. The van der Waals surface area contributed by atoms with E-state index in [-0.39, 0.29) is 17.5 Å². The van der Waals surface area contributed by atoms with Gasteiger partial charge in [-0.1, -0.05) is 35.9 Å². The molecule has 6 heteroatoms. The lowest BCUT2D eigenvalue weighted by molar-refractivity contribution is 0.412. The molecule has 1 aliphatic carbocycles. The lowest BCUT2D eigenvalue weighted by atomic mass is 9.56. The summed E-state index contributed by atoms with van der Waals surface area (Å²) in [5.74, 6) is 0.103. The van der Waals surface area contributed by atoms with E-state index in [1.165, 1.54) is 0 Å². The molecule has 1 aromatic carbocycles. The lowest BCUT2D eigenvalue weighted by Crippen LogP contribution is -2.48. The third-order valence-electron chi connectivity index (χ3n) is 4.80. The zero-order chi connectivity index (χ0) is 17.3. The highest BCUT2D eigenvalue weighted by Crippen LogP contribution is 2.54. The molecule has 1 heterocycles. The first-order valence-electron chi connectivity index (χ1n) is 7.44. The Morgan fingerprint density at radius 1 is 1.21 bits per heavy atom. The Labute approximate surface area is 149 Å². The number of thioether (sulfide) groups is 1. The van der Waals surface area contributed by atoms with Crippen LogP contribution in [0.2, 0.25) is 5.02 Å². The van der Waals surface area contributed by atoms with E-state index in [0.717, 1.165) is 5.56 Å². The van der Waals surface area contributed by atoms with E-state index in [4.69, 9.17) is 17.0 Å². The third kappa shape index (κ3) is 2.23. The van der Waals surface area contributed by atoms with Crippen molar-refractivity contribution in [1.82, 2.24) is 0 Å². The first kappa shape index (κ1) is 16.6. The summed E-state index contributed by atoms with van der Waals surface area (Å²) >= 11 is 8.06. The van der Waals surface area contributed by atoms with E-state index in [1.807, 2.05) is 36.4 Å². The van der Waals surface area contributed by atoms with E-state index in [1.54, 1.807) is 17.8 Å². The van der Waals surface area contributed by atoms with Crippen LogP contribution in [-0.2, 0) is 0 Å². The number of allylic oxidation sites excluding steroid dienone is 1. The summed E-state index contributed by atoms with van der Waals surface area (Å²) in [4.78, 5) is 0. The van der Waals surface area contributed by atoms with E-state index in [0.29, 0.717) is 22.1 Å². The predicted octanol–water partition coefficient (Wildman–Crippen LogP) is 3.92. The number of nitriles is 3. The van der Waals surface area contributed by atoms with Crippen molar-refractivity contribution < 1.29 is 0 Å². The van der Waals surface area contributed by atoms with Gasteiger partial charge >= 0.3 is 0 Å². The van der Waals surface area contributed by atoms with Gasteiger partial charge in [-0.15, -0.1) is 0 Å².